The quantitative estimate of drug-likeness (QED) is 0.782. The fourth-order valence-electron chi connectivity index (χ4n) is 2.70. The van der Waals surface area contributed by atoms with Crippen LogP contribution < -0.4 is 4.74 Å². The van der Waals surface area contributed by atoms with Crippen molar-refractivity contribution in [3.8, 4) is 5.75 Å². The first kappa shape index (κ1) is 16.2. The average molecular weight is 324 g/mol. The number of rotatable bonds is 5. The predicted octanol–water partition coefficient (Wildman–Crippen LogP) is 3.93. The van der Waals surface area contributed by atoms with Crippen LogP contribution in [0.25, 0.3) is 0 Å². The van der Waals surface area contributed by atoms with Crippen LogP contribution >= 0.6 is 0 Å². The molecule has 0 aliphatic heterocycles. The molecule has 2 aromatic rings. The molecule has 1 fully saturated rings. The van der Waals surface area contributed by atoms with E-state index in [9.17, 15) is 9.59 Å². The molecule has 1 atom stereocenters. The maximum atomic E-state index is 12.1. The van der Waals surface area contributed by atoms with Crippen LogP contribution in [0, 0.1) is 0 Å². The van der Waals surface area contributed by atoms with Crippen molar-refractivity contribution < 1.29 is 19.1 Å². The second-order valence-corrected chi connectivity index (χ2v) is 5.90. The van der Waals surface area contributed by atoms with E-state index in [-0.39, 0.29) is 5.78 Å². The van der Waals surface area contributed by atoms with Crippen molar-refractivity contribution in [2.24, 2.45) is 0 Å². The van der Waals surface area contributed by atoms with Crippen LogP contribution in [0.2, 0.25) is 0 Å². The zero-order chi connectivity index (χ0) is 16.8. The number of hydrogen-bond donors (Lipinski definition) is 0. The largest absolute Gasteiger partial charge is 0.489 e. The fourth-order valence-corrected chi connectivity index (χ4v) is 2.70. The van der Waals surface area contributed by atoms with Crippen molar-refractivity contribution in [1.82, 2.24) is 0 Å². The average Bonchev–Trinajstić information content (AvgIpc) is 2.63. The Morgan fingerprint density at radius 1 is 1.00 bits per heavy atom. The SMILES string of the molecule is O=C(OC1CCCCC1=O)c1ccc(OCc2ccccc2)cc1. The van der Waals surface area contributed by atoms with Gasteiger partial charge in [0.1, 0.15) is 12.4 Å². The number of ketones is 1. The Bertz CT molecular complexity index is 691. The monoisotopic (exact) mass is 324 g/mol. The summed E-state index contributed by atoms with van der Waals surface area (Å²) in [6.45, 7) is 0.473. The van der Waals surface area contributed by atoms with Crippen LogP contribution in [0.1, 0.15) is 41.6 Å². The third kappa shape index (κ3) is 4.22. The zero-order valence-electron chi connectivity index (χ0n) is 13.4. The van der Waals surface area contributed by atoms with E-state index in [2.05, 4.69) is 0 Å². The van der Waals surface area contributed by atoms with E-state index in [0.717, 1.165) is 18.4 Å². The van der Waals surface area contributed by atoms with Gasteiger partial charge in [0, 0.05) is 6.42 Å². The Balaban J connectivity index is 1.55. The van der Waals surface area contributed by atoms with Gasteiger partial charge in [0.15, 0.2) is 11.9 Å². The molecule has 0 saturated heterocycles. The molecule has 4 heteroatoms. The van der Waals surface area contributed by atoms with Gasteiger partial charge in [0.25, 0.3) is 0 Å². The minimum Gasteiger partial charge on any atom is -0.489 e. The van der Waals surface area contributed by atoms with Gasteiger partial charge in [0.2, 0.25) is 0 Å². The lowest BCUT2D eigenvalue weighted by atomic mass is 9.96. The third-order valence-electron chi connectivity index (χ3n) is 4.09. The number of carbonyl (C=O) groups excluding carboxylic acids is 2. The molecule has 24 heavy (non-hydrogen) atoms. The topological polar surface area (TPSA) is 52.6 Å². The van der Waals surface area contributed by atoms with Crippen molar-refractivity contribution in [3.05, 3.63) is 65.7 Å². The summed E-state index contributed by atoms with van der Waals surface area (Å²) in [5.74, 6) is 0.256. The third-order valence-corrected chi connectivity index (χ3v) is 4.09. The predicted molar refractivity (Wildman–Crippen MR) is 89.9 cm³/mol. The molecule has 0 aromatic heterocycles. The summed E-state index contributed by atoms with van der Waals surface area (Å²) in [6, 6.07) is 16.7. The smallest absolute Gasteiger partial charge is 0.338 e. The molecule has 0 N–H and O–H groups in total. The second kappa shape index (κ2) is 7.77. The molecule has 1 aliphatic rings. The summed E-state index contributed by atoms with van der Waals surface area (Å²) >= 11 is 0. The Labute approximate surface area is 141 Å². The van der Waals surface area contributed by atoms with E-state index in [1.54, 1.807) is 24.3 Å². The van der Waals surface area contributed by atoms with Crippen LogP contribution in [-0.4, -0.2) is 17.9 Å². The lowest BCUT2D eigenvalue weighted by Crippen LogP contribution is -2.30. The summed E-state index contributed by atoms with van der Waals surface area (Å²) in [7, 11) is 0. The molecule has 0 bridgehead atoms. The van der Waals surface area contributed by atoms with E-state index >= 15 is 0 Å². The number of Topliss-reactive ketones (excluding diaryl/α,β-unsaturated/α-hetero) is 1. The molecule has 1 unspecified atom stereocenters. The van der Waals surface area contributed by atoms with Crippen molar-refractivity contribution in [3.63, 3.8) is 0 Å². The Morgan fingerprint density at radius 3 is 2.46 bits per heavy atom. The molecule has 1 saturated carbocycles. The molecular weight excluding hydrogens is 304 g/mol. The Kier molecular flexibility index (Phi) is 5.26. The van der Waals surface area contributed by atoms with Gasteiger partial charge >= 0.3 is 5.97 Å². The molecule has 1 aliphatic carbocycles. The minimum absolute atomic E-state index is 0.0254. The first-order valence-electron chi connectivity index (χ1n) is 8.23. The second-order valence-electron chi connectivity index (χ2n) is 5.90. The maximum Gasteiger partial charge on any atom is 0.338 e. The highest BCUT2D eigenvalue weighted by atomic mass is 16.5. The summed E-state index contributed by atoms with van der Waals surface area (Å²) in [5.41, 5.74) is 1.51. The van der Waals surface area contributed by atoms with Crippen LogP contribution in [0.3, 0.4) is 0 Å². The van der Waals surface area contributed by atoms with E-state index in [0.29, 0.717) is 30.8 Å². The summed E-state index contributed by atoms with van der Waals surface area (Å²) in [4.78, 5) is 23.9. The van der Waals surface area contributed by atoms with Gasteiger partial charge < -0.3 is 9.47 Å². The molecule has 0 radical (unpaired) electrons. The highest BCUT2D eigenvalue weighted by Gasteiger charge is 2.26. The first-order valence-corrected chi connectivity index (χ1v) is 8.23. The highest BCUT2D eigenvalue weighted by molar-refractivity contribution is 5.93. The van der Waals surface area contributed by atoms with E-state index in [1.165, 1.54) is 0 Å². The number of esters is 1. The highest BCUT2D eigenvalue weighted by Crippen LogP contribution is 2.20. The Hall–Kier alpha value is -2.62. The van der Waals surface area contributed by atoms with Crippen LogP contribution in [0.5, 0.6) is 5.75 Å². The van der Waals surface area contributed by atoms with E-state index in [1.807, 2.05) is 30.3 Å². The van der Waals surface area contributed by atoms with Crippen molar-refractivity contribution in [2.75, 3.05) is 0 Å². The molecule has 3 rings (SSSR count). The van der Waals surface area contributed by atoms with Crippen LogP contribution in [-0.2, 0) is 16.1 Å². The minimum atomic E-state index is -0.583. The number of hydrogen-bond acceptors (Lipinski definition) is 4. The van der Waals surface area contributed by atoms with Gasteiger partial charge in [-0.05, 0) is 49.1 Å². The first-order chi connectivity index (χ1) is 11.7. The van der Waals surface area contributed by atoms with Gasteiger partial charge in [0.05, 0.1) is 5.56 Å². The van der Waals surface area contributed by atoms with Crippen LogP contribution in [0.15, 0.2) is 54.6 Å². The normalized spacial score (nSPS) is 17.3. The standard InChI is InChI=1S/C20H20O4/c21-18-8-4-5-9-19(18)24-20(22)16-10-12-17(13-11-16)23-14-15-6-2-1-3-7-15/h1-3,6-7,10-13,19H,4-5,8-9,14H2. The number of benzene rings is 2. The summed E-state index contributed by atoms with van der Waals surface area (Å²) in [5, 5.41) is 0. The zero-order valence-corrected chi connectivity index (χ0v) is 13.4. The molecule has 0 heterocycles. The van der Waals surface area contributed by atoms with Crippen LogP contribution in [0.4, 0.5) is 0 Å². The Morgan fingerprint density at radius 2 is 1.75 bits per heavy atom. The lowest BCUT2D eigenvalue weighted by molar-refractivity contribution is -0.129. The van der Waals surface area contributed by atoms with E-state index in [4.69, 9.17) is 9.47 Å². The summed E-state index contributed by atoms with van der Waals surface area (Å²) < 4.78 is 11.0. The number of ether oxygens (including phenoxy) is 2. The van der Waals surface area contributed by atoms with Gasteiger partial charge in [-0.15, -0.1) is 0 Å². The molecular formula is C20H20O4. The van der Waals surface area contributed by atoms with Crippen molar-refractivity contribution >= 4 is 11.8 Å². The van der Waals surface area contributed by atoms with Gasteiger partial charge in [-0.3, -0.25) is 4.79 Å². The fraction of sp³-hybridized carbons (Fsp3) is 0.300. The molecule has 124 valence electrons. The lowest BCUT2D eigenvalue weighted by Gasteiger charge is -2.20. The van der Waals surface area contributed by atoms with E-state index < -0.39 is 12.1 Å². The van der Waals surface area contributed by atoms with Gasteiger partial charge in [-0.2, -0.15) is 0 Å². The van der Waals surface area contributed by atoms with Gasteiger partial charge in [-0.1, -0.05) is 30.3 Å². The number of carbonyl (C=O) groups is 2. The van der Waals surface area contributed by atoms with Crippen molar-refractivity contribution in [2.45, 2.75) is 38.4 Å². The molecule has 2 aromatic carbocycles. The maximum absolute atomic E-state index is 12.1. The molecule has 0 amide bonds. The summed E-state index contributed by atoms with van der Waals surface area (Å²) in [6.07, 6.45) is 2.36. The molecule has 4 nitrogen and oxygen atoms in total. The molecule has 0 spiro atoms. The van der Waals surface area contributed by atoms with Gasteiger partial charge in [-0.25, -0.2) is 4.79 Å². The van der Waals surface area contributed by atoms with Crippen molar-refractivity contribution in [1.29, 1.82) is 0 Å².